The highest BCUT2D eigenvalue weighted by atomic mass is 16.5. The van der Waals surface area contributed by atoms with E-state index in [-0.39, 0.29) is 11.4 Å². The molecule has 1 atom stereocenters. The van der Waals surface area contributed by atoms with Crippen molar-refractivity contribution in [1.82, 2.24) is 10.6 Å². The summed E-state index contributed by atoms with van der Waals surface area (Å²) >= 11 is 0. The van der Waals surface area contributed by atoms with E-state index in [9.17, 15) is 4.79 Å². The summed E-state index contributed by atoms with van der Waals surface area (Å²) in [5.41, 5.74) is -0.0523. The normalized spacial score (nSPS) is 26.4. The first-order chi connectivity index (χ1) is 6.66. The monoisotopic (exact) mass is 200 g/mol. The zero-order chi connectivity index (χ0) is 10.4. The van der Waals surface area contributed by atoms with Gasteiger partial charge in [-0.05, 0) is 26.8 Å². The van der Waals surface area contributed by atoms with Crippen molar-refractivity contribution in [2.24, 2.45) is 0 Å². The molecule has 0 radical (unpaired) electrons. The first-order valence-electron chi connectivity index (χ1n) is 5.26. The van der Waals surface area contributed by atoms with Gasteiger partial charge < -0.3 is 15.4 Å². The number of amides is 1. The molecule has 82 valence electrons. The van der Waals surface area contributed by atoms with E-state index in [1.807, 2.05) is 6.92 Å². The molecule has 0 bridgehead atoms. The Hall–Kier alpha value is -0.610. The average Bonchev–Trinajstić information content (AvgIpc) is 2.52. The molecule has 4 nitrogen and oxygen atoms in total. The van der Waals surface area contributed by atoms with Gasteiger partial charge in [0.1, 0.15) is 0 Å². The average molecular weight is 200 g/mol. The molecule has 1 aliphatic heterocycles. The molecule has 0 aromatic carbocycles. The van der Waals surface area contributed by atoms with Gasteiger partial charge in [-0.3, -0.25) is 4.79 Å². The van der Waals surface area contributed by atoms with Crippen LogP contribution in [0.1, 0.15) is 26.7 Å². The predicted molar refractivity (Wildman–Crippen MR) is 55.1 cm³/mol. The fourth-order valence-electron chi connectivity index (χ4n) is 1.63. The largest absolute Gasteiger partial charge is 0.381 e. The molecule has 0 aromatic rings. The number of hydrogen-bond donors (Lipinski definition) is 2. The summed E-state index contributed by atoms with van der Waals surface area (Å²) in [5.74, 6) is 0.0876. The van der Waals surface area contributed by atoms with Crippen LogP contribution in [0, 0.1) is 0 Å². The van der Waals surface area contributed by atoms with Crippen molar-refractivity contribution in [3.05, 3.63) is 0 Å². The van der Waals surface area contributed by atoms with E-state index in [2.05, 4.69) is 17.6 Å². The van der Waals surface area contributed by atoms with Gasteiger partial charge in [0.25, 0.3) is 0 Å². The minimum Gasteiger partial charge on any atom is -0.381 e. The molecular formula is C10H20N2O2. The number of nitrogens with one attached hydrogen (secondary N) is 2. The molecule has 1 amide bonds. The van der Waals surface area contributed by atoms with Crippen LogP contribution in [0.25, 0.3) is 0 Å². The Morgan fingerprint density at radius 3 is 3.00 bits per heavy atom. The molecule has 2 N–H and O–H groups in total. The Morgan fingerprint density at radius 1 is 1.64 bits per heavy atom. The van der Waals surface area contributed by atoms with Gasteiger partial charge in [-0.2, -0.15) is 0 Å². The van der Waals surface area contributed by atoms with Crippen LogP contribution in [0.3, 0.4) is 0 Å². The first kappa shape index (κ1) is 11.5. The summed E-state index contributed by atoms with van der Waals surface area (Å²) in [6.07, 6.45) is 1.47. The van der Waals surface area contributed by atoms with E-state index in [4.69, 9.17) is 4.74 Å². The van der Waals surface area contributed by atoms with Gasteiger partial charge in [0.15, 0.2) is 0 Å². The lowest BCUT2D eigenvalue weighted by Gasteiger charge is -2.24. The Kier molecular flexibility index (Phi) is 4.35. The Bertz CT molecular complexity index is 189. The second-order valence-electron chi connectivity index (χ2n) is 3.98. The topological polar surface area (TPSA) is 50.4 Å². The van der Waals surface area contributed by atoms with Crippen molar-refractivity contribution in [2.75, 3.05) is 26.3 Å². The SMILES string of the molecule is CCOCCC(=O)NC1(C)CCNC1. The smallest absolute Gasteiger partial charge is 0.222 e. The summed E-state index contributed by atoms with van der Waals surface area (Å²) < 4.78 is 5.13. The van der Waals surface area contributed by atoms with Gasteiger partial charge in [0.05, 0.1) is 12.1 Å². The third-order valence-corrected chi connectivity index (χ3v) is 2.49. The minimum absolute atomic E-state index is 0.0523. The van der Waals surface area contributed by atoms with Gasteiger partial charge in [-0.15, -0.1) is 0 Å². The van der Waals surface area contributed by atoms with Crippen molar-refractivity contribution in [3.8, 4) is 0 Å². The van der Waals surface area contributed by atoms with Crippen LogP contribution in [0.5, 0.6) is 0 Å². The van der Waals surface area contributed by atoms with E-state index in [0.29, 0.717) is 19.6 Å². The summed E-state index contributed by atoms with van der Waals surface area (Å²) in [7, 11) is 0. The number of hydrogen-bond acceptors (Lipinski definition) is 3. The lowest BCUT2D eigenvalue weighted by Crippen LogP contribution is -2.47. The molecule has 1 aliphatic rings. The van der Waals surface area contributed by atoms with Crippen molar-refractivity contribution in [2.45, 2.75) is 32.2 Å². The number of carbonyl (C=O) groups excluding carboxylic acids is 1. The standard InChI is InChI=1S/C10H20N2O2/c1-3-14-7-4-9(13)12-10(2)5-6-11-8-10/h11H,3-8H2,1-2H3,(H,12,13). The molecule has 0 saturated carbocycles. The predicted octanol–water partition coefficient (Wildman–Crippen LogP) is 0.281. The Morgan fingerprint density at radius 2 is 2.43 bits per heavy atom. The number of carbonyl (C=O) groups is 1. The number of ether oxygens (including phenoxy) is 1. The molecule has 1 unspecified atom stereocenters. The summed E-state index contributed by atoms with van der Waals surface area (Å²) in [5, 5.41) is 6.27. The van der Waals surface area contributed by atoms with Crippen LogP contribution in [0.4, 0.5) is 0 Å². The lowest BCUT2D eigenvalue weighted by molar-refractivity contribution is -0.123. The van der Waals surface area contributed by atoms with E-state index < -0.39 is 0 Å². The highest BCUT2D eigenvalue weighted by Gasteiger charge is 2.29. The molecule has 0 aliphatic carbocycles. The molecule has 0 spiro atoms. The van der Waals surface area contributed by atoms with Crippen molar-refractivity contribution >= 4 is 5.91 Å². The van der Waals surface area contributed by atoms with Gasteiger partial charge in [0, 0.05) is 19.6 Å². The van der Waals surface area contributed by atoms with Crippen LogP contribution < -0.4 is 10.6 Å². The van der Waals surface area contributed by atoms with Crippen LogP contribution in [-0.4, -0.2) is 37.7 Å². The zero-order valence-corrected chi connectivity index (χ0v) is 9.06. The third-order valence-electron chi connectivity index (χ3n) is 2.49. The summed E-state index contributed by atoms with van der Waals surface area (Å²) in [6.45, 7) is 7.05. The molecule has 1 saturated heterocycles. The number of rotatable bonds is 5. The zero-order valence-electron chi connectivity index (χ0n) is 9.06. The highest BCUT2D eigenvalue weighted by molar-refractivity contribution is 5.76. The fraction of sp³-hybridized carbons (Fsp3) is 0.900. The van der Waals surface area contributed by atoms with Crippen LogP contribution in [-0.2, 0) is 9.53 Å². The molecule has 1 rings (SSSR count). The van der Waals surface area contributed by atoms with E-state index in [0.717, 1.165) is 19.5 Å². The van der Waals surface area contributed by atoms with Gasteiger partial charge >= 0.3 is 0 Å². The van der Waals surface area contributed by atoms with Crippen molar-refractivity contribution in [1.29, 1.82) is 0 Å². The van der Waals surface area contributed by atoms with Crippen LogP contribution in [0.2, 0.25) is 0 Å². The molecular weight excluding hydrogens is 180 g/mol. The van der Waals surface area contributed by atoms with E-state index in [1.54, 1.807) is 0 Å². The van der Waals surface area contributed by atoms with Gasteiger partial charge in [-0.25, -0.2) is 0 Å². The summed E-state index contributed by atoms with van der Waals surface area (Å²) in [4.78, 5) is 11.5. The second-order valence-corrected chi connectivity index (χ2v) is 3.98. The molecule has 1 heterocycles. The third kappa shape index (κ3) is 3.64. The van der Waals surface area contributed by atoms with Crippen LogP contribution in [0.15, 0.2) is 0 Å². The van der Waals surface area contributed by atoms with Crippen molar-refractivity contribution in [3.63, 3.8) is 0 Å². The quantitative estimate of drug-likeness (QED) is 0.627. The fourth-order valence-corrected chi connectivity index (χ4v) is 1.63. The van der Waals surface area contributed by atoms with Crippen molar-refractivity contribution < 1.29 is 9.53 Å². The maximum absolute atomic E-state index is 11.5. The van der Waals surface area contributed by atoms with Gasteiger partial charge in [-0.1, -0.05) is 0 Å². The highest BCUT2D eigenvalue weighted by Crippen LogP contribution is 2.12. The first-order valence-corrected chi connectivity index (χ1v) is 5.26. The van der Waals surface area contributed by atoms with E-state index >= 15 is 0 Å². The van der Waals surface area contributed by atoms with E-state index in [1.165, 1.54) is 0 Å². The lowest BCUT2D eigenvalue weighted by atomic mass is 10.0. The molecule has 0 aromatic heterocycles. The second kappa shape index (κ2) is 5.32. The maximum atomic E-state index is 11.5. The minimum atomic E-state index is -0.0523. The Balaban J connectivity index is 2.19. The molecule has 14 heavy (non-hydrogen) atoms. The Labute approximate surface area is 85.4 Å². The summed E-state index contributed by atoms with van der Waals surface area (Å²) in [6, 6.07) is 0. The molecule has 1 fully saturated rings. The van der Waals surface area contributed by atoms with Crippen LogP contribution >= 0.6 is 0 Å². The molecule has 4 heteroatoms. The van der Waals surface area contributed by atoms with Gasteiger partial charge in [0.2, 0.25) is 5.91 Å². The maximum Gasteiger partial charge on any atom is 0.222 e.